The molecule has 28 heavy (non-hydrogen) atoms. The van der Waals surface area contributed by atoms with Gasteiger partial charge in [-0.15, -0.1) is 0 Å². The van der Waals surface area contributed by atoms with Gasteiger partial charge in [0.2, 0.25) is 11.8 Å². The summed E-state index contributed by atoms with van der Waals surface area (Å²) in [6.45, 7) is 1.48. The second kappa shape index (κ2) is 8.78. The minimum atomic E-state index is -0.396. The van der Waals surface area contributed by atoms with Crippen LogP contribution < -0.4 is 10.6 Å². The second-order valence-corrected chi connectivity index (χ2v) is 7.17. The van der Waals surface area contributed by atoms with Crippen LogP contribution in [-0.2, 0) is 9.59 Å². The predicted molar refractivity (Wildman–Crippen MR) is 106 cm³/mol. The van der Waals surface area contributed by atoms with Gasteiger partial charge in [-0.1, -0.05) is 18.2 Å². The van der Waals surface area contributed by atoms with E-state index in [0.29, 0.717) is 42.6 Å². The number of carbonyl (C=O) groups excluding carboxylic acids is 3. The Labute approximate surface area is 163 Å². The predicted octanol–water partition coefficient (Wildman–Crippen LogP) is 4.41. The molecule has 2 N–H and O–H groups in total. The molecule has 0 unspecified atom stereocenters. The third kappa shape index (κ3) is 5.03. The van der Waals surface area contributed by atoms with Crippen LogP contribution in [0.2, 0.25) is 0 Å². The average Bonchev–Trinajstić information content (AvgIpc) is 2.68. The van der Waals surface area contributed by atoms with Crippen molar-refractivity contribution in [3.05, 3.63) is 59.9 Å². The van der Waals surface area contributed by atoms with Gasteiger partial charge in [0.1, 0.15) is 5.82 Å². The highest BCUT2D eigenvalue weighted by atomic mass is 19.1. The molecule has 1 aliphatic rings. The minimum Gasteiger partial charge on any atom is -0.326 e. The van der Waals surface area contributed by atoms with Crippen molar-refractivity contribution >= 4 is 29.0 Å². The molecular formula is C22H23FN2O3. The SMILES string of the molecule is CC(=O)c1cccc(NC(=O)C2CCC(C(=O)Nc3cccc(F)c3)CC2)c1. The van der Waals surface area contributed by atoms with Crippen LogP contribution in [0.15, 0.2) is 48.5 Å². The summed E-state index contributed by atoms with van der Waals surface area (Å²) < 4.78 is 13.2. The first-order valence-electron chi connectivity index (χ1n) is 9.40. The summed E-state index contributed by atoms with van der Waals surface area (Å²) in [7, 11) is 0. The molecule has 0 bridgehead atoms. The number of anilines is 2. The molecule has 0 saturated heterocycles. The summed E-state index contributed by atoms with van der Waals surface area (Å²) in [4.78, 5) is 36.4. The highest BCUT2D eigenvalue weighted by Crippen LogP contribution is 2.30. The van der Waals surface area contributed by atoms with E-state index in [4.69, 9.17) is 0 Å². The van der Waals surface area contributed by atoms with E-state index in [0.717, 1.165) is 0 Å². The molecule has 3 rings (SSSR count). The number of benzene rings is 2. The summed E-state index contributed by atoms with van der Waals surface area (Å²) in [6.07, 6.45) is 2.43. The van der Waals surface area contributed by atoms with Gasteiger partial charge in [-0.3, -0.25) is 14.4 Å². The molecule has 2 amide bonds. The van der Waals surface area contributed by atoms with Crippen LogP contribution in [0.25, 0.3) is 0 Å². The lowest BCUT2D eigenvalue weighted by atomic mass is 9.81. The van der Waals surface area contributed by atoms with Crippen molar-refractivity contribution in [1.29, 1.82) is 0 Å². The maximum atomic E-state index is 13.2. The number of carbonyl (C=O) groups is 3. The Morgan fingerprint density at radius 2 is 1.32 bits per heavy atom. The van der Waals surface area contributed by atoms with E-state index in [1.54, 1.807) is 36.4 Å². The highest BCUT2D eigenvalue weighted by Gasteiger charge is 2.30. The number of rotatable bonds is 5. The first-order chi connectivity index (χ1) is 13.4. The molecule has 1 saturated carbocycles. The quantitative estimate of drug-likeness (QED) is 0.752. The van der Waals surface area contributed by atoms with Crippen LogP contribution in [-0.4, -0.2) is 17.6 Å². The minimum absolute atomic E-state index is 0.0547. The number of halogens is 1. The van der Waals surface area contributed by atoms with Crippen molar-refractivity contribution in [3.8, 4) is 0 Å². The zero-order valence-electron chi connectivity index (χ0n) is 15.7. The molecule has 6 heteroatoms. The summed E-state index contributed by atoms with van der Waals surface area (Å²) in [5.74, 6) is -1.04. The zero-order valence-corrected chi connectivity index (χ0v) is 15.7. The lowest BCUT2D eigenvalue weighted by molar-refractivity contribution is -0.125. The van der Waals surface area contributed by atoms with Gasteiger partial charge < -0.3 is 10.6 Å². The van der Waals surface area contributed by atoms with Gasteiger partial charge in [-0.2, -0.15) is 0 Å². The topological polar surface area (TPSA) is 75.3 Å². The van der Waals surface area contributed by atoms with Crippen molar-refractivity contribution in [3.63, 3.8) is 0 Å². The molecule has 0 radical (unpaired) electrons. The van der Waals surface area contributed by atoms with Crippen LogP contribution in [0.3, 0.4) is 0 Å². The Hall–Kier alpha value is -3.02. The summed E-state index contributed by atoms with van der Waals surface area (Å²) in [6, 6.07) is 12.7. The van der Waals surface area contributed by atoms with Crippen LogP contribution in [0.4, 0.5) is 15.8 Å². The van der Waals surface area contributed by atoms with Crippen LogP contribution >= 0.6 is 0 Å². The van der Waals surface area contributed by atoms with E-state index in [1.807, 2.05) is 0 Å². The summed E-state index contributed by atoms with van der Waals surface area (Å²) in [5, 5.41) is 5.61. The fourth-order valence-corrected chi connectivity index (χ4v) is 3.49. The zero-order chi connectivity index (χ0) is 20.1. The maximum absolute atomic E-state index is 13.2. The van der Waals surface area contributed by atoms with Gasteiger partial charge in [-0.05, 0) is 62.9 Å². The molecule has 0 aliphatic heterocycles. The Balaban J connectivity index is 1.51. The molecule has 2 aromatic rings. The molecule has 2 aromatic carbocycles. The Kier molecular flexibility index (Phi) is 6.19. The molecule has 1 fully saturated rings. The van der Waals surface area contributed by atoms with E-state index in [9.17, 15) is 18.8 Å². The van der Waals surface area contributed by atoms with Crippen LogP contribution in [0.5, 0.6) is 0 Å². The third-order valence-corrected chi connectivity index (χ3v) is 5.10. The van der Waals surface area contributed by atoms with Gasteiger partial charge in [0, 0.05) is 28.8 Å². The Bertz CT molecular complexity index is 889. The van der Waals surface area contributed by atoms with E-state index in [-0.39, 0.29) is 29.4 Å². The third-order valence-electron chi connectivity index (χ3n) is 5.10. The van der Waals surface area contributed by atoms with Gasteiger partial charge >= 0.3 is 0 Å². The molecule has 5 nitrogen and oxygen atoms in total. The number of hydrogen-bond donors (Lipinski definition) is 2. The van der Waals surface area contributed by atoms with Crippen molar-refractivity contribution in [2.24, 2.45) is 11.8 Å². The van der Waals surface area contributed by atoms with Crippen molar-refractivity contribution in [2.75, 3.05) is 10.6 Å². The summed E-state index contributed by atoms with van der Waals surface area (Å²) in [5.41, 5.74) is 1.59. The highest BCUT2D eigenvalue weighted by molar-refractivity contribution is 5.98. The number of amides is 2. The number of ketones is 1. The molecular weight excluding hydrogens is 359 g/mol. The number of Topliss-reactive ketones (excluding diaryl/α,β-unsaturated/α-hetero) is 1. The largest absolute Gasteiger partial charge is 0.326 e. The monoisotopic (exact) mass is 382 g/mol. The Morgan fingerprint density at radius 3 is 1.82 bits per heavy atom. The van der Waals surface area contributed by atoms with Gasteiger partial charge in [0.25, 0.3) is 0 Å². The van der Waals surface area contributed by atoms with Gasteiger partial charge in [0.05, 0.1) is 0 Å². The second-order valence-electron chi connectivity index (χ2n) is 7.17. The number of nitrogens with one attached hydrogen (secondary N) is 2. The molecule has 1 aliphatic carbocycles. The van der Waals surface area contributed by atoms with Gasteiger partial charge in [-0.25, -0.2) is 4.39 Å². The fourth-order valence-electron chi connectivity index (χ4n) is 3.49. The average molecular weight is 382 g/mol. The van der Waals surface area contributed by atoms with E-state index >= 15 is 0 Å². The molecule has 146 valence electrons. The number of hydrogen-bond acceptors (Lipinski definition) is 3. The normalized spacial score (nSPS) is 18.9. The lowest BCUT2D eigenvalue weighted by Crippen LogP contribution is -2.32. The van der Waals surface area contributed by atoms with E-state index in [2.05, 4.69) is 10.6 Å². The van der Waals surface area contributed by atoms with Crippen molar-refractivity contribution in [1.82, 2.24) is 0 Å². The Morgan fingerprint density at radius 1 is 0.821 bits per heavy atom. The van der Waals surface area contributed by atoms with Crippen LogP contribution in [0.1, 0.15) is 43.0 Å². The molecule has 0 heterocycles. The van der Waals surface area contributed by atoms with Crippen molar-refractivity contribution < 1.29 is 18.8 Å². The smallest absolute Gasteiger partial charge is 0.227 e. The lowest BCUT2D eigenvalue weighted by Gasteiger charge is -2.27. The van der Waals surface area contributed by atoms with Crippen LogP contribution in [0, 0.1) is 17.7 Å². The first-order valence-corrected chi connectivity index (χ1v) is 9.40. The van der Waals surface area contributed by atoms with E-state index in [1.165, 1.54) is 19.1 Å². The molecule has 0 atom stereocenters. The molecule has 0 spiro atoms. The standard InChI is InChI=1S/C22H23FN2O3/c1-14(26)17-4-2-6-19(12-17)24-21(27)15-8-10-16(11-9-15)22(28)25-20-7-3-5-18(23)13-20/h2-7,12-13,15-16H,8-11H2,1H3,(H,24,27)(H,25,28). The molecule has 0 aromatic heterocycles. The van der Waals surface area contributed by atoms with E-state index < -0.39 is 5.82 Å². The maximum Gasteiger partial charge on any atom is 0.227 e. The fraction of sp³-hybridized carbons (Fsp3) is 0.318. The first kappa shape index (κ1) is 19.7. The van der Waals surface area contributed by atoms with Crippen molar-refractivity contribution in [2.45, 2.75) is 32.6 Å². The summed E-state index contributed by atoms with van der Waals surface area (Å²) >= 11 is 0. The van der Waals surface area contributed by atoms with Gasteiger partial charge in [0.15, 0.2) is 5.78 Å².